The molecule has 0 aliphatic heterocycles. The number of halogens is 2. The van der Waals surface area contributed by atoms with Crippen LogP contribution in [0.3, 0.4) is 0 Å². The molecule has 1 aliphatic carbocycles. The molecule has 1 N–H and O–H groups in total. The summed E-state index contributed by atoms with van der Waals surface area (Å²) in [6, 6.07) is 2.84. The molecule has 7 heteroatoms. The van der Waals surface area contributed by atoms with E-state index in [4.69, 9.17) is 16.4 Å². The maximum absolute atomic E-state index is 14.1. The van der Waals surface area contributed by atoms with Crippen molar-refractivity contribution < 1.29 is 19.1 Å². The molecule has 0 aromatic heterocycles. The van der Waals surface area contributed by atoms with Gasteiger partial charge in [0.15, 0.2) is 11.6 Å². The molecule has 0 heterocycles. The standard InChI is InChI=1S/C16H17ClFNO3S/c1-3-22-19-8-11(14(20)9-4-5-9)15(21)10-6-7-12(17)13(18)16(10)23-2/h6-9,21H,3-5H2,1-2H3. The van der Waals surface area contributed by atoms with Crippen LogP contribution in [-0.2, 0) is 9.63 Å². The van der Waals surface area contributed by atoms with Crippen molar-refractivity contribution in [2.24, 2.45) is 11.1 Å². The summed E-state index contributed by atoms with van der Waals surface area (Å²) in [7, 11) is 0. The van der Waals surface area contributed by atoms with Gasteiger partial charge in [0.2, 0.25) is 0 Å². The van der Waals surface area contributed by atoms with Gasteiger partial charge in [0.05, 0.1) is 21.7 Å². The van der Waals surface area contributed by atoms with Crippen LogP contribution in [0.25, 0.3) is 5.76 Å². The van der Waals surface area contributed by atoms with Crippen LogP contribution >= 0.6 is 23.4 Å². The number of rotatable bonds is 7. The Morgan fingerprint density at radius 1 is 1.57 bits per heavy atom. The summed E-state index contributed by atoms with van der Waals surface area (Å²) in [5, 5.41) is 14.2. The third-order valence-corrected chi connectivity index (χ3v) is 4.46. The molecule has 2 rings (SSSR count). The number of hydrogen-bond acceptors (Lipinski definition) is 5. The first-order valence-electron chi connectivity index (χ1n) is 7.16. The Morgan fingerprint density at radius 2 is 2.26 bits per heavy atom. The Bertz CT molecular complexity index is 672. The fourth-order valence-electron chi connectivity index (χ4n) is 2.03. The van der Waals surface area contributed by atoms with Crippen LogP contribution in [0, 0.1) is 11.7 Å². The maximum atomic E-state index is 14.1. The Labute approximate surface area is 143 Å². The number of oxime groups is 1. The molecule has 0 radical (unpaired) electrons. The highest BCUT2D eigenvalue weighted by Gasteiger charge is 2.33. The summed E-state index contributed by atoms with van der Waals surface area (Å²) in [6.45, 7) is 2.09. The van der Waals surface area contributed by atoms with Crippen LogP contribution in [0.1, 0.15) is 25.3 Å². The van der Waals surface area contributed by atoms with Crippen LogP contribution in [0.2, 0.25) is 5.02 Å². The first-order valence-corrected chi connectivity index (χ1v) is 8.76. The second-order valence-corrected chi connectivity index (χ2v) is 6.22. The number of aliphatic hydroxyl groups excluding tert-OH is 1. The van der Waals surface area contributed by atoms with Crippen molar-refractivity contribution in [3.05, 3.63) is 34.1 Å². The summed E-state index contributed by atoms with van der Waals surface area (Å²) < 4.78 is 14.1. The molecule has 1 aliphatic rings. The van der Waals surface area contributed by atoms with E-state index >= 15 is 0 Å². The van der Waals surface area contributed by atoms with Crippen molar-refractivity contribution in [2.75, 3.05) is 12.9 Å². The molecule has 0 spiro atoms. The van der Waals surface area contributed by atoms with Crippen molar-refractivity contribution in [3.8, 4) is 0 Å². The van der Waals surface area contributed by atoms with Crippen LogP contribution in [-0.4, -0.2) is 30.0 Å². The van der Waals surface area contributed by atoms with Crippen molar-refractivity contribution in [1.29, 1.82) is 0 Å². The van der Waals surface area contributed by atoms with Crippen molar-refractivity contribution in [2.45, 2.75) is 24.7 Å². The number of benzene rings is 1. The lowest BCUT2D eigenvalue weighted by molar-refractivity contribution is -0.116. The largest absolute Gasteiger partial charge is 0.506 e. The lowest BCUT2D eigenvalue weighted by Crippen LogP contribution is -2.10. The zero-order valence-electron chi connectivity index (χ0n) is 12.8. The van der Waals surface area contributed by atoms with Crippen LogP contribution in [0.15, 0.2) is 27.8 Å². The van der Waals surface area contributed by atoms with Gasteiger partial charge < -0.3 is 9.94 Å². The molecular weight excluding hydrogens is 341 g/mol. The minimum Gasteiger partial charge on any atom is -0.506 e. The van der Waals surface area contributed by atoms with E-state index in [-0.39, 0.29) is 38.5 Å². The number of hydrogen-bond donors (Lipinski definition) is 1. The molecule has 1 aromatic carbocycles. The van der Waals surface area contributed by atoms with Gasteiger partial charge in [0, 0.05) is 11.5 Å². The maximum Gasteiger partial charge on any atom is 0.171 e. The lowest BCUT2D eigenvalue weighted by Gasteiger charge is -2.11. The summed E-state index contributed by atoms with van der Waals surface area (Å²) in [5.41, 5.74) is 0.240. The monoisotopic (exact) mass is 357 g/mol. The molecule has 23 heavy (non-hydrogen) atoms. The molecule has 0 atom stereocenters. The van der Waals surface area contributed by atoms with Gasteiger partial charge in [-0.25, -0.2) is 4.39 Å². The molecule has 0 bridgehead atoms. The zero-order valence-corrected chi connectivity index (χ0v) is 14.4. The smallest absolute Gasteiger partial charge is 0.171 e. The van der Waals surface area contributed by atoms with Gasteiger partial charge in [-0.2, -0.15) is 0 Å². The molecule has 1 aromatic rings. The molecule has 4 nitrogen and oxygen atoms in total. The Kier molecular flexibility index (Phi) is 6.07. The fraction of sp³-hybridized carbons (Fsp3) is 0.375. The van der Waals surface area contributed by atoms with Gasteiger partial charge >= 0.3 is 0 Å². The fourth-order valence-corrected chi connectivity index (χ4v) is 2.92. The van der Waals surface area contributed by atoms with Crippen molar-refractivity contribution >= 4 is 41.1 Å². The summed E-state index contributed by atoms with van der Waals surface area (Å²) >= 11 is 6.88. The van der Waals surface area contributed by atoms with Crippen LogP contribution < -0.4 is 0 Å². The average molecular weight is 358 g/mol. The van der Waals surface area contributed by atoms with E-state index in [1.54, 1.807) is 13.2 Å². The Morgan fingerprint density at radius 3 is 2.83 bits per heavy atom. The summed E-state index contributed by atoms with van der Waals surface area (Å²) in [5.74, 6) is -1.27. The van der Waals surface area contributed by atoms with Gasteiger partial charge in [-0.1, -0.05) is 16.8 Å². The Hall–Kier alpha value is -1.53. The van der Waals surface area contributed by atoms with Gasteiger partial charge in [-0.3, -0.25) is 4.79 Å². The van der Waals surface area contributed by atoms with E-state index in [0.717, 1.165) is 24.6 Å². The minimum absolute atomic E-state index is 0.0259. The molecule has 0 unspecified atom stereocenters. The predicted molar refractivity (Wildman–Crippen MR) is 90.6 cm³/mol. The molecule has 1 saturated carbocycles. The highest BCUT2D eigenvalue weighted by Crippen LogP contribution is 2.36. The highest BCUT2D eigenvalue weighted by molar-refractivity contribution is 7.98. The molecular formula is C16H17ClFNO3S. The molecule has 0 amide bonds. The molecule has 124 valence electrons. The van der Waals surface area contributed by atoms with Gasteiger partial charge in [0.25, 0.3) is 0 Å². The first kappa shape index (κ1) is 17.8. The molecule has 1 fully saturated rings. The Balaban J connectivity index is 2.52. The average Bonchev–Trinajstić information content (AvgIpc) is 3.38. The van der Waals surface area contributed by atoms with Gasteiger partial charge in [0.1, 0.15) is 12.4 Å². The first-order chi connectivity index (χ1) is 11.0. The van der Waals surface area contributed by atoms with Crippen molar-refractivity contribution in [3.63, 3.8) is 0 Å². The quantitative estimate of drug-likeness (QED) is 0.257. The third kappa shape index (κ3) is 4.06. The third-order valence-electron chi connectivity index (χ3n) is 3.36. The van der Waals surface area contributed by atoms with Gasteiger partial charge in [-0.05, 0) is 38.2 Å². The number of nitrogens with zero attached hydrogens (tertiary/aromatic N) is 1. The second-order valence-electron chi connectivity index (χ2n) is 5.00. The van der Waals surface area contributed by atoms with E-state index in [2.05, 4.69) is 5.16 Å². The number of ketones is 1. The SMILES string of the molecule is CCON=CC(C(=O)C1CC1)=C(O)c1ccc(Cl)c(F)c1SC. The number of Topliss-reactive ketones (excluding diaryl/α,β-unsaturated/α-hetero) is 1. The van der Waals surface area contributed by atoms with Crippen molar-refractivity contribution in [1.82, 2.24) is 0 Å². The van der Waals surface area contributed by atoms with E-state index in [0.29, 0.717) is 6.61 Å². The second kappa shape index (κ2) is 7.84. The molecule has 0 saturated heterocycles. The van der Waals surface area contributed by atoms with E-state index in [9.17, 15) is 14.3 Å². The number of aliphatic hydroxyl groups is 1. The minimum atomic E-state index is -0.622. The van der Waals surface area contributed by atoms with Crippen LogP contribution in [0.5, 0.6) is 0 Å². The van der Waals surface area contributed by atoms with E-state index in [1.165, 1.54) is 18.3 Å². The number of carbonyl (C=O) groups excluding carboxylic acids is 1. The summed E-state index contributed by atoms with van der Waals surface area (Å²) in [6.07, 6.45) is 4.42. The number of carbonyl (C=O) groups is 1. The zero-order chi connectivity index (χ0) is 17.0. The topological polar surface area (TPSA) is 58.9 Å². The number of thioether (sulfide) groups is 1. The van der Waals surface area contributed by atoms with E-state index < -0.39 is 5.82 Å². The normalized spacial score (nSPS) is 15.7. The van der Waals surface area contributed by atoms with Crippen LogP contribution in [0.4, 0.5) is 4.39 Å². The van der Waals surface area contributed by atoms with E-state index in [1.807, 2.05) is 0 Å². The predicted octanol–water partition coefficient (Wildman–Crippen LogP) is 4.47. The number of allylic oxidation sites excluding steroid dienone is 1. The summed E-state index contributed by atoms with van der Waals surface area (Å²) in [4.78, 5) is 17.4. The van der Waals surface area contributed by atoms with Gasteiger partial charge in [-0.15, -0.1) is 11.8 Å². The lowest BCUT2D eigenvalue weighted by atomic mass is 10.0. The highest BCUT2D eigenvalue weighted by atomic mass is 35.5.